The average Bonchev–Trinajstić information content (AvgIpc) is 2.97. The van der Waals surface area contributed by atoms with Gasteiger partial charge < -0.3 is 4.74 Å². The van der Waals surface area contributed by atoms with Gasteiger partial charge in [-0.2, -0.15) is 5.10 Å². The van der Waals surface area contributed by atoms with Crippen molar-refractivity contribution in [2.24, 2.45) is 5.41 Å². The average molecular weight is 297 g/mol. The minimum atomic E-state index is -0.363. The monoisotopic (exact) mass is 297 g/mol. The minimum Gasteiger partial charge on any atom is -0.466 e. The summed E-state index contributed by atoms with van der Waals surface area (Å²) in [4.78, 5) is 15.5. The lowest BCUT2D eigenvalue weighted by Crippen LogP contribution is -2.13. The Hall–Kier alpha value is -2.43. The molecule has 0 aromatic carbocycles. The second kappa shape index (κ2) is 5.40. The van der Waals surface area contributed by atoms with Crippen LogP contribution in [0.2, 0.25) is 0 Å². The molecule has 0 spiro atoms. The number of nitrogens with zero attached hydrogens (tertiary/aromatic N) is 3. The first-order valence-electron chi connectivity index (χ1n) is 7.26. The van der Waals surface area contributed by atoms with Crippen molar-refractivity contribution >= 4 is 12.0 Å². The highest BCUT2D eigenvalue weighted by atomic mass is 16.5. The van der Waals surface area contributed by atoms with Crippen molar-refractivity contribution in [2.75, 3.05) is 7.11 Å². The largest absolute Gasteiger partial charge is 0.466 e. The predicted molar refractivity (Wildman–Crippen MR) is 84.0 cm³/mol. The number of carbonyl (C=O) groups is 1. The lowest BCUT2D eigenvalue weighted by Gasteiger charge is -2.15. The topological polar surface area (TPSA) is 57.0 Å². The molecule has 5 heteroatoms. The van der Waals surface area contributed by atoms with Gasteiger partial charge in [-0.05, 0) is 30.0 Å². The van der Waals surface area contributed by atoms with E-state index >= 15 is 0 Å². The number of rotatable bonds is 3. The van der Waals surface area contributed by atoms with Crippen molar-refractivity contribution < 1.29 is 9.53 Å². The zero-order valence-electron chi connectivity index (χ0n) is 13.0. The normalized spacial score (nSPS) is 16.0. The zero-order chi connectivity index (χ0) is 15.7. The van der Waals surface area contributed by atoms with Gasteiger partial charge in [0.1, 0.15) is 0 Å². The van der Waals surface area contributed by atoms with Crippen LogP contribution in [0.5, 0.6) is 0 Å². The molecule has 2 aromatic heterocycles. The van der Waals surface area contributed by atoms with Gasteiger partial charge in [0.05, 0.1) is 12.8 Å². The summed E-state index contributed by atoms with van der Waals surface area (Å²) < 4.78 is 6.74. The molecular weight excluding hydrogens is 278 g/mol. The van der Waals surface area contributed by atoms with Crippen molar-refractivity contribution in [2.45, 2.75) is 26.8 Å². The van der Waals surface area contributed by atoms with Crippen LogP contribution < -0.4 is 0 Å². The molecule has 0 saturated heterocycles. The molecule has 0 saturated carbocycles. The van der Waals surface area contributed by atoms with Crippen LogP contribution in [0.3, 0.4) is 0 Å². The summed E-state index contributed by atoms with van der Waals surface area (Å²) in [5.74, 6) is -0.363. The van der Waals surface area contributed by atoms with Crippen molar-refractivity contribution in [3.63, 3.8) is 0 Å². The minimum absolute atomic E-state index is 0.187. The Morgan fingerprint density at radius 2 is 2.09 bits per heavy atom. The lowest BCUT2D eigenvalue weighted by molar-refractivity contribution is -0.134. The molecular formula is C17H19N3O2. The molecule has 0 N–H and O–H groups in total. The van der Waals surface area contributed by atoms with Crippen molar-refractivity contribution in [1.82, 2.24) is 14.8 Å². The Kier molecular flexibility index (Phi) is 3.56. The Balaban J connectivity index is 2.08. The summed E-state index contributed by atoms with van der Waals surface area (Å²) in [6, 6.07) is 3.86. The standard InChI is InChI=1S/C17H19N3O2/c1-17(2)10-14-13(4-5-15(21)22-3)16(19-20(14)11-17)12-6-8-18-9-7-12/h4-9H,10-11H2,1-3H3/b5-4+. The van der Waals surface area contributed by atoms with E-state index in [1.54, 1.807) is 12.4 Å². The molecule has 0 amide bonds. The fourth-order valence-electron chi connectivity index (χ4n) is 2.86. The Labute approximate surface area is 129 Å². The molecule has 1 aliphatic heterocycles. The number of hydrogen-bond acceptors (Lipinski definition) is 4. The third kappa shape index (κ3) is 2.66. The number of carbonyl (C=O) groups excluding carboxylic acids is 1. The van der Waals surface area contributed by atoms with Gasteiger partial charge in [-0.15, -0.1) is 0 Å². The van der Waals surface area contributed by atoms with E-state index in [0.717, 1.165) is 35.5 Å². The lowest BCUT2D eigenvalue weighted by atomic mass is 9.89. The van der Waals surface area contributed by atoms with Crippen LogP contribution in [0.25, 0.3) is 17.3 Å². The maximum absolute atomic E-state index is 11.4. The quantitative estimate of drug-likeness (QED) is 0.645. The molecule has 0 aliphatic carbocycles. The highest BCUT2D eigenvalue weighted by Crippen LogP contribution is 2.37. The molecule has 3 heterocycles. The number of aromatic nitrogens is 3. The maximum Gasteiger partial charge on any atom is 0.330 e. The molecule has 0 atom stereocenters. The van der Waals surface area contributed by atoms with Crippen LogP contribution in [0, 0.1) is 5.41 Å². The van der Waals surface area contributed by atoms with E-state index in [4.69, 9.17) is 9.84 Å². The summed E-state index contributed by atoms with van der Waals surface area (Å²) >= 11 is 0. The van der Waals surface area contributed by atoms with Gasteiger partial charge in [-0.1, -0.05) is 13.8 Å². The molecule has 0 bridgehead atoms. The summed E-state index contributed by atoms with van der Waals surface area (Å²) in [6.07, 6.45) is 7.69. The molecule has 114 valence electrons. The molecule has 22 heavy (non-hydrogen) atoms. The first kappa shape index (κ1) is 14.5. The number of ether oxygens (including phenoxy) is 1. The summed E-state index contributed by atoms with van der Waals surface area (Å²) in [7, 11) is 1.38. The van der Waals surface area contributed by atoms with Gasteiger partial charge in [-0.25, -0.2) is 4.79 Å². The Morgan fingerprint density at radius 1 is 1.36 bits per heavy atom. The summed E-state index contributed by atoms with van der Waals surface area (Å²) in [5.41, 5.74) is 4.22. The van der Waals surface area contributed by atoms with Crippen LogP contribution in [-0.2, 0) is 22.5 Å². The van der Waals surface area contributed by atoms with E-state index < -0.39 is 0 Å². The van der Waals surface area contributed by atoms with E-state index in [-0.39, 0.29) is 11.4 Å². The third-order valence-electron chi connectivity index (χ3n) is 3.86. The van der Waals surface area contributed by atoms with Crippen LogP contribution >= 0.6 is 0 Å². The van der Waals surface area contributed by atoms with Crippen molar-refractivity contribution in [3.8, 4) is 11.3 Å². The van der Waals surface area contributed by atoms with E-state index in [0.29, 0.717) is 0 Å². The Bertz CT molecular complexity index is 730. The summed E-state index contributed by atoms with van der Waals surface area (Å²) in [6.45, 7) is 5.33. The molecule has 0 unspecified atom stereocenters. The first-order chi connectivity index (χ1) is 10.5. The van der Waals surface area contributed by atoms with Crippen LogP contribution in [0.4, 0.5) is 0 Å². The molecule has 3 rings (SSSR count). The van der Waals surface area contributed by atoms with E-state index in [9.17, 15) is 4.79 Å². The molecule has 5 nitrogen and oxygen atoms in total. The number of pyridine rings is 1. The van der Waals surface area contributed by atoms with Gasteiger partial charge in [0, 0.05) is 41.8 Å². The van der Waals surface area contributed by atoms with Crippen LogP contribution in [0.1, 0.15) is 25.1 Å². The SMILES string of the molecule is COC(=O)/C=C/c1c(-c2ccncc2)nn2c1CC(C)(C)C2. The second-order valence-electron chi connectivity index (χ2n) is 6.30. The maximum atomic E-state index is 11.4. The number of hydrogen-bond donors (Lipinski definition) is 0. The molecule has 1 aliphatic rings. The molecule has 0 fully saturated rings. The second-order valence-corrected chi connectivity index (χ2v) is 6.30. The van der Waals surface area contributed by atoms with Crippen LogP contribution in [0.15, 0.2) is 30.6 Å². The highest BCUT2D eigenvalue weighted by molar-refractivity contribution is 5.89. The van der Waals surface area contributed by atoms with Gasteiger partial charge in [0.15, 0.2) is 0 Å². The van der Waals surface area contributed by atoms with Gasteiger partial charge in [0.2, 0.25) is 0 Å². The van der Waals surface area contributed by atoms with Crippen LogP contribution in [-0.4, -0.2) is 27.8 Å². The van der Waals surface area contributed by atoms with Crippen molar-refractivity contribution in [1.29, 1.82) is 0 Å². The third-order valence-corrected chi connectivity index (χ3v) is 3.86. The zero-order valence-corrected chi connectivity index (χ0v) is 13.0. The smallest absolute Gasteiger partial charge is 0.330 e. The number of esters is 1. The fourth-order valence-corrected chi connectivity index (χ4v) is 2.86. The predicted octanol–water partition coefficient (Wildman–Crippen LogP) is 2.71. The van der Waals surface area contributed by atoms with Gasteiger partial charge >= 0.3 is 5.97 Å². The number of methoxy groups -OCH3 is 1. The molecule has 0 radical (unpaired) electrons. The fraction of sp³-hybridized carbons (Fsp3) is 0.353. The van der Waals surface area contributed by atoms with Crippen molar-refractivity contribution in [3.05, 3.63) is 41.9 Å². The van der Waals surface area contributed by atoms with E-state index in [1.807, 2.05) is 22.9 Å². The van der Waals surface area contributed by atoms with E-state index in [2.05, 4.69) is 18.8 Å². The van der Waals surface area contributed by atoms with Gasteiger partial charge in [0.25, 0.3) is 0 Å². The number of fused-ring (bicyclic) bond motifs is 1. The highest BCUT2D eigenvalue weighted by Gasteiger charge is 2.32. The first-order valence-corrected chi connectivity index (χ1v) is 7.26. The molecule has 2 aromatic rings. The van der Waals surface area contributed by atoms with Gasteiger partial charge in [-0.3, -0.25) is 9.67 Å². The Morgan fingerprint density at radius 3 is 2.77 bits per heavy atom. The van der Waals surface area contributed by atoms with E-state index in [1.165, 1.54) is 13.2 Å². The summed E-state index contributed by atoms with van der Waals surface area (Å²) in [5, 5.41) is 4.75.